The molecule has 4 heterocycles. The molecule has 23 heavy (non-hydrogen) atoms. The maximum absolute atomic E-state index is 12.5. The highest BCUT2D eigenvalue weighted by Crippen LogP contribution is 2.75. The van der Waals surface area contributed by atoms with E-state index in [4.69, 9.17) is 18.5 Å². The van der Waals surface area contributed by atoms with Crippen LogP contribution in [0.1, 0.15) is 0 Å². The van der Waals surface area contributed by atoms with Crippen molar-refractivity contribution in [1.29, 1.82) is 0 Å². The Bertz CT molecular complexity index is 640. The molecule has 0 unspecified atom stereocenters. The van der Waals surface area contributed by atoms with E-state index in [2.05, 4.69) is 0 Å². The molecule has 0 fully saturated rings. The van der Waals surface area contributed by atoms with Gasteiger partial charge in [-0.05, 0) is 23.5 Å². The third-order valence-electron chi connectivity index (χ3n) is 2.97. The van der Waals surface area contributed by atoms with Crippen molar-refractivity contribution in [3.63, 3.8) is 0 Å². The molecule has 0 N–H and O–H groups in total. The van der Waals surface area contributed by atoms with Gasteiger partial charge in [-0.25, -0.2) is 0 Å². The third-order valence-corrected chi connectivity index (χ3v) is 15.1. The molecule has 126 valence electrons. The molecule has 0 aromatic heterocycles. The van der Waals surface area contributed by atoms with Crippen LogP contribution in [-0.4, -0.2) is 31.8 Å². The van der Waals surface area contributed by atoms with Crippen LogP contribution in [0.2, 0.25) is 0 Å². The molecule has 0 radical (unpaired) electrons. The van der Waals surface area contributed by atoms with Gasteiger partial charge in [-0.2, -0.15) is 0 Å². The summed E-state index contributed by atoms with van der Waals surface area (Å²) in [5.41, 5.74) is 0. The smallest absolute Gasteiger partial charge is 0.353 e. The van der Waals surface area contributed by atoms with Gasteiger partial charge in [0.15, 0.2) is 4.32 Å². The fraction of sp³-hybridized carbons (Fsp3) is 0.455. The Hall–Kier alpha value is 1.07. The summed E-state index contributed by atoms with van der Waals surface area (Å²) < 4.78 is 38.5. The van der Waals surface area contributed by atoms with Gasteiger partial charge in [0, 0.05) is 14.2 Å². The fourth-order valence-corrected chi connectivity index (χ4v) is 14.3. The average Bonchev–Trinajstić information content (AvgIpc) is 3.25. The standard InChI is InChI=1S/C11H11O5PS6/c1-13-17(12,14-2)11-22-9-10(23-11)21-8(20-9)7-18-5-6(19-7)16-4-3-15-5/h11H,3-4H2,1-2H3. The minimum absolute atomic E-state index is 0.226. The summed E-state index contributed by atoms with van der Waals surface area (Å²) in [6, 6.07) is 0. The molecular formula is C11H11O5PS6. The fourth-order valence-electron chi connectivity index (χ4n) is 1.88. The van der Waals surface area contributed by atoms with Crippen LogP contribution in [0.3, 0.4) is 0 Å². The first-order chi connectivity index (χ1) is 11.1. The highest BCUT2D eigenvalue weighted by molar-refractivity contribution is 8.48. The Morgan fingerprint density at radius 3 is 1.83 bits per heavy atom. The van der Waals surface area contributed by atoms with Crippen LogP contribution in [0, 0.1) is 0 Å². The molecule has 0 bridgehead atoms. The van der Waals surface area contributed by atoms with E-state index >= 15 is 0 Å². The van der Waals surface area contributed by atoms with Crippen LogP contribution in [0.25, 0.3) is 0 Å². The molecule has 0 aliphatic carbocycles. The Morgan fingerprint density at radius 1 is 0.870 bits per heavy atom. The summed E-state index contributed by atoms with van der Waals surface area (Å²) in [6.45, 7) is 1.22. The van der Waals surface area contributed by atoms with Crippen molar-refractivity contribution in [2.75, 3.05) is 27.4 Å². The van der Waals surface area contributed by atoms with E-state index in [1.54, 1.807) is 70.6 Å². The van der Waals surface area contributed by atoms with Crippen molar-refractivity contribution in [2.24, 2.45) is 0 Å². The molecule has 4 aliphatic rings. The van der Waals surface area contributed by atoms with Gasteiger partial charge in [0.1, 0.15) is 13.2 Å². The first-order valence-electron chi connectivity index (χ1n) is 6.37. The van der Waals surface area contributed by atoms with Gasteiger partial charge >= 0.3 is 7.60 Å². The van der Waals surface area contributed by atoms with Crippen molar-refractivity contribution >= 4 is 78.2 Å². The molecule has 0 amide bonds. The van der Waals surface area contributed by atoms with Gasteiger partial charge in [0.2, 0.25) is 10.2 Å². The molecule has 4 rings (SSSR count). The van der Waals surface area contributed by atoms with Gasteiger partial charge in [-0.15, -0.1) is 0 Å². The average molecular weight is 447 g/mol. The van der Waals surface area contributed by atoms with E-state index < -0.39 is 7.60 Å². The van der Waals surface area contributed by atoms with Crippen molar-refractivity contribution in [3.8, 4) is 0 Å². The Balaban J connectivity index is 1.44. The zero-order chi connectivity index (χ0) is 16.0. The molecule has 5 nitrogen and oxygen atoms in total. The van der Waals surface area contributed by atoms with E-state index in [-0.39, 0.29) is 4.32 Å². The van der Waals surface area contributed by atoms with Crippen molar-refractivity contribution in [2.45, 2.75) is 4.32 Å². The van der Waals surface area contributed by atoms with Gasteiger partial charge in [-0.3, -0.25) is 4.57 Å². The molecule has 12 heteroatoms. The van der Waals surface area contributed by atoms with Crippen molar-refractivity contribution in [1.82, 2.24) is 0 Å². The van der Waals surface area contributed by atoms with Crippen LogP contribution in [0.5, 0.6) is 0 Å². The Labute approximate surface area is 159 Å². The van der Waals surface area contributed by atoms with E-state index in [9.17, 15) is 4.57 Å². The van der Waals surface area contributed by atoms with Crippen LogP contribution < -0.4 is 0 Å². The monoisotopic (exact) mass is 446 g/mol. The number of ether oxygens (including phenoxy) is 2. The molecule has 0 spiro atoms. The number of thioether (sulfide) groups is 6. The Morgan fingerprint density at radius 2 is 1.35 bits per heavy atom. The highest BCUT2D eigenvalue weighted by atomic mass is 32.3. The predicted molar refractivity (Wildman–Crippen MR) is 104 cm³/mol. The summed E-state index contributed by atoms with van der Waals surface area (Å²) >= 11 is 9.83. The topological polar surface area (TPSA) is 54.0 Å². The zero-order valence-electron chi connectivity index (χ0n) is 11.9. The molecule has 0 saturated heterocycles. The lowest BCUT2D eigenvalue weighted by Crippen LogP contribution is -2.08. The zero-order valence-corrected chi connectivity index (χ0v) is 17.7. The first-order valence-corrected chi connectivity index (χ1v) is 13.0. The van der Waals surface area contributed by atoms with Crippen molar-refractivity contribution in [3.05, 3.63) is 27.1 Å². The van der Waals surface area contributed by atoms with Gasteiger partial charge in [0.05, 0.1) is 16.9 Å². The van der Waals surface area contributed by atoms with Crippen LogP contribution in [0.4, 0.5) is 0 Å². The first kappa shape index (κ1) is 17.5. The van der Waals surface area contributed by atoms with Crippen LogP contribution >= 0.6 is 78.2 Å². The molecule has 0 aromatic carbocycles. The summed E-state index contributed by atoms with van der Waals surface area (Å²) in [5, 5.41) is 1.75. The normalized spacial score (nSPS) is 25.0. The lowest BCUT2D eigenvalue weighted by molar-refractivity contribution is 0.0949. The SMILES string of the molecule is COP(=O)(OC)C1SC2=C(SC(=C3SC4=C(OCCO4)S3)S2)S1. The molecule has 0 saturated carbocycles. The van der Waals surface area contributed by atoms with E-state index in [1.165, 1.54) is 31.2 Å². The molecule has 0 aromatic rings. The van der Waals surface area contributed by atoms with Gasteiger partial charge in [0.25, 0.3) is 0 Å². The summed E-state index contributed by atoms with van der Waals surface area (Å²) in [4.78, 5) is 0. The molecular weight excluding hydrogens is 435 g/mol. The quantitative estimate of drug-likeness (QED) is 0.507. The minimum Gasteiger partial charge on any atom is -0.480 e. The largest absolute Gasteiger partial charge is 0.480 e. The minimum atomic E-state index is -3.07. The highest BCUT2D eigenvalue weighted by Gasteiger charge is 2.45. The second-order valence-corrected chi connectivity index (χ2v) is 14.9. The summed E-state index contributed by atoms with van der Waals surface area (Å²) in [6.07, 6.45) is 0. The maximum Gasteiger partial charge on any atom is 0.353 e. The van der Waals surface area contributed by atoms with Gasteiger partial charge < -0.3 is 18.5 Å². The lowest BCUT2D eigenvalue weighted by Gasteiger charge is -2.19. The van der Waals surface area contributed by atoms with Gasteiger partial charge in [-0.1, -0.05) is 47.0 Å². The second-order valence-electron chi connectivity index (χ2n) is 4.28. The van der Waals surface area contributed by atoms with Crippen LogP contribution in [0.15, 0.2) is 27.1 Å². The summed E-state index contributed by atoms with van der Waals surface area (Å²) in [5.74, 6) is 0. The van der Waals surface area contributed by atoms with E-state index in [1.807, 2.05) is 0 Å². The molecule has 0 atom stereocenters. The van der Waals surface area contributed by atoms with E-state index in [0.717, 1.165) is 10.2 Å². The maximum atomic E-state index is 12.5. The summed E-state index contributed by atoms with van der Waals surface area (Å²) in [7, 11) is -0.196. The second kappa shape index (κ2) is 7.00. The molecule has 4 aliphatic heterocycles. The number of rotatable bonds is 3. The van der Waals surface area contributed by atoms with E-state index in [0.29, 0.717) is 13.2 Å². The van der Waals surface area contributed by atoms with Crippen LogP contribution in [-0.2, 0) is 23.1 Å². The number of hydrogen-bond donors (Lipinski definition) is 0. The third kappa shape index (κ3) is 3.26. The van der Waals surface area contributed by atoms with Crippen molar-refractivity contribution < 1.29 is 23.1 Å². The lowest BCUT2D eigenvalue weighted by atomic mass is 10.7. The number of hydrogen-bond acceptors (Lipinski definition) is 11. The predicted octanol–water partition coefficient (Wildman–Crippen LogP) is 5.62. The Kier molecular flexibility index (Phi) is 5.32.